The molecule has 2 heteroatoms. The van der Waals surface area contributed by atoms with Gasteiger partial charge in [-0.3, -0.25) is 0 Å². The van der Waals surface area contributed by atoms with Crippen LogP contribution in [-0.2, 0) is 5.41 Å². The summed E-state index contributed by atoms with van der Waals surface area (Å²) in [6, 6.07) is 60.3. The molecule has 210 valence electrons. The molecule has 2 nitrogen and oxygen atoms in total. The highest BCUT2D eigenvalue weighted by atomic mass is 15.2. The van der Waals surface area contributed by atoms with Gasteiger partial charge < -0.3 is 9.88 Å². The Morgan fingerprint density at radius 2 is 0.978 bits per heavy atom. The number of rotatable bonds is 2. The number of anilines is 3. The highest BCUT2D eigenvalue weighted by Crippen LogP contribution is 2.63. The van der Waals surface area contributed by atoms with E-state index in [4.69, 9.17) is 0 Å². The van der Waals surface area contributed by atoms with Crippen molar-refractivity contribution in [2.24, 2.45) is 0 Å². The zero-order valence-corrected chi connectivity index (χ0v) is 24.5. The van der Waals surface area contributed by atoms with E-state index in [-0.39, 0.29) is 0 Å². The Hall–Kier alpha value is -5.86. The van der Waals surface area contributed by atoms with Crippen molar-refractivity contribution in [1.29, 1.82) is 0 Å². The number of aromatic nitrogens is 1. The second-order valence-corrected chi connectivity index (χ2v) is 12.2. The van der Waals surface area contributed by atoms with Crippen molar-refractivity contribution in [1.82, 2.24) is 4.98 Å². The van der Waals surface area contributed by atoms with Crippen LogP contribution >= 0.6 is 0 Å². The Morgan fingerprint density at radius 1 is 0.400 bits per heavy atom. The van der Waals surface area contributed by atoms with Gasteiger partial charge in [0.25, 0.3) is 0 Å². The topological polar surface area (TPSA) is 19.0 Å². The van der Waals surface area contributed by atoms with Gasteiger partial charge >= 0.3 is 0 Å². The minimum Gasteiger partial charge on any atom is -0.355 e. The van der Waals surface area contributed by atoms with Crippen LogP contribution in [-0.4, -0.2) is 4.98 Å². The lowest BCUT2D eigenvalue weighted by atomic mass is 9.64. The van der Waals surface area contributed by atoms with Gasteiger partial charge in [-0.05, 0) is 93.0 Å². The van der Waals surface area contributed by atoms with Gasteiger partial charge in [-0.1, -0.05) is 115 Å². The number of nitrogens with one attached hydrogen (secondary N) is 1. The van der Waals surface area contributed by atoms with Gasteiger partial charge in [0.05, 0.1) is 16.8 Å². The summed E-state index contributed by atoms with van der Waals surface area (Å²) in [5, 5.41) is 2.52. The Kier molecular flexibility index (Phi) is 4.95. The molecule has 1 aliphatic heterocycles. The van der Waals surface area contributed by atoms with Crippen molar-refractivity contribution in [2.45, 2.75) is 5.41 Å². The average molecular weight is 573 g/mol. The van der Waals surface area contributed by atoms with Gasteiger partial charge in [-0.2, -0.15) is 0 Å². The zero-order chi connectivity index (χ0) is 29.5. The van der Waals surface area contributed by atoms with Crippen molar-refractivity contribution in [3.05, 3.63) is 186 Å². The minimum absolute atomic E-state index is 0.427. The molecule has 45 heavy (non-hydrogen) atoms. The molecular formula is C43H28N2. The summed E-state index contributed by atoms with van der Waals surface area (Å²) in [7, 11) is 0. The fourth-order valence-corrected chi connectivity index (χ4v) is 8.17. The SMILES string of the molecule is c1ccc(N2c3ccccc3C3(c4ccccc4-c4cc(-c5ccc6[nH]c7ccccc7c6c5)ccc43)c3ccccc32)cc1. The lowest BCUT2D eigenvalue weighted by Gasteiger charge is -2.45. The van der Waals surface area contributed by atoms with Crippen molar-refractivity contribution in [3.63, 3.8) is 0 Å². The van der Waals surface area contributed by atoms with E-state index < -0.39 is 5.41 Å². The Bertz CT molecular complexity index is 2400. The second-order valence-electron chi connectivity index (χ2n) is 12.2. The molecule has 2 aliphatic rings. The normalized spacial score (nSPS) is 13.9. The third-order valence-corrected chi connectivity index (χ3v) is 10.00. The van der Waals surface area contributed by atoms with Gasteiger partial charge in [0.1, 0.15) is 0 Å². The van der Waals surface area contributed by atoms with Crippen LogP contribution in [0.1, 0.15) is 22.3 Å². The first-order valence-electron chi connectivity index (χ1n) is 15.6. The number of hydrogen-bond acceptors (Lipinski definition) is 1. The number of H-pyrrole nitrogens is 1. The molecule has 1 spiro atoms. The maximum Gasteiger partial charge on any atom is 0.0754 e. The maximum atomic E-state index is 3.58. The molecule has 0 fully saturated rings. The number of aromatic amines is 1. The molecule has 1 aliphatic carbocycles. The Balaban J connectivity index is 1.25. The van der Waals surface area contributed by atoms with Gasteiger partial charge in [0, 0.05) is 27.5 Å². The van der Waals surface area contributed by atoms with Crippen LogP contribution in [0.5, 0.6) is 0 Å². The van der Waals surface area contributed by atoms with E-state index in [1.807, 2.05) is 0 Å². The van der Waals surface area contributed by atoms with Crippen molar-refractivity contribution in [3.8, 4) is 22.3 Å². The summed E-state index contributed by atoms with van der Waals surface area (Å²) in [6.45, 7) is 0. The molecule has 0 bridgehead atoms. The molecule has 0 saturated heterocycles. The lowest BCUT2D eigenvalue weighted by Crippen LogP contribution is -2.36. The number of hydrogen-bond donors (Lipinski definition) is 1. The summed E-state index contributed by atoms with van der Waals surface area (Å²) in [4.78, 5) is 6.01. The monoisotopic (exact) mass is 572 g/mol. The molecule has 8 aromatic rings. The summed E-state index contributed by atoms with van der Waals surface area (Å²) >= 11 is 0. The van der Waals surface area contributed by atoms with E-state index in [0.717, 1.165) is 0 Å². The first-order chi connectivity index (χ1) is 22.3. The first-order valence-corrected chi connectivity index (χ1v) is 15.6. The molecule has 1 N–H and O–H groups in total. The average Bonchev–Trinajstić information content (AvgIpc) is 3.62. The van der Waals surface area contributed by atoms with Crippen LogP contribution in [0.25, 0.3) is 44.1 Å². The van der Waals surface area contributed by atoms with Crippen LogP contribution in [0.4, 0.5) is 17.1 Å². The van der Waals surface area contributed by atoms with E-state index in [9.17, 15) is 0 Å². The fraction of sp³-hybridized carbons (Fsp3) is 0.0233. The molecule has 0 unspecified atom stereocenters. The smallest absolute Gasteiger partial charge is 0.0754 e. The van der Waals surface area contributed by atoms with Crippen LogP contribution in [0.3, 0.4) is 0 Å². The molecule has 2 heterocycles. The number of para-hydroxylation sites is 4. The Morgan fingerprint density at radius 3 is 1.78 bits per heavy atom. The summed E-state index contributed by atoms with van der Waals surface area (Å²) in [5.74, 6) is 0. The van der Waals surface area contributed by atoms with Gasteiger partial charge in [0.15, 0.2) is 0 Å². The fourth-order valence-electron chi connectivity index (χ4n) is 8.17. The number of nitrogens with zero attached hydrogens (tertiary/aromatic N) is 1. The van der Waals surface area contributed by atoms with Crippen LogP contribution < -0.4 is 4.90 Å². The van der Waals surface area contributed by atoms with Gasteiger partial charge in [-0.25, -0.2) is 0 Å². The summed E-state index contributed by atoms with van der Waals surface area (Å²) in [6.07, 6.45) is 0. The van der Waals surface area contributed by atoms with Crippen molar-refractivity contribution in [2.75, 3.05) is 4.90 Å². The van der Waals surface area contributed by atoms with Crippen LogP contribution in [0, 0.1) is 0 Å². The van der Waals surface area contributed by atoms with E-state index in [2.05, 4.69) is 174 Å². The molecule has 0 saturated carbocycles. The minimum atomic E-state index is -0.427. The number of benzene rings is 7. The number of fused-ring (bicyclic) bond motifs is 12. The van der Waals surface area contributed by atoms with Crippen LogP contribution in [0.2, 0.25) is 0 Å². The standard InChI is InChI=1S/C43H28N2/c1-2-12-30(13-3-1)45-41-20-10-7-17-37(41)43(38-18-8-11-21-42(38)45)35-16-6-4-14-31(35)33-26-28(22-24-36(33)43)29-23-25-40-34(27-29)32-15-5-9-19-39(32)44-40/h1-27,44H. The zero-order valence-electron chi connectivity index (χ0n) is 24.5. The third-order valence-electron chi connectivity index (χ3n) is 10.00. The van der Waals surface area contributed by atoms with E-state index in [1.54, 1.807) is 0 Å². The predicted molar refractivity (Wildman–Crippen MR) is 187 cm³/mol. The van der Waals surface area contributed by atoms with E-state index in [1.165, 1.54) is 83.4 Å². The van der Waals surface area contributed by atoms with Crippen molar-refractivity contribution < 1.29 is 0 Å². The predicted octanol–water partition coefficient (Wildman–Crippen LogP) is 11.1. The third kappa shape index (κ3) is 3.23. The van der Waals surface area contributed by atoms with E-state index in [0.29, 0.717) is 0 Å². The quantitative estimate of drug-likeness (QED) is 0.218. The molecule has 7 aromatic carbocycles. The van der Waals surface area contributed by atoms with Gasteiger partial charge in [0.2, 0.25) is 0 Å². The molecular weight excluding hydrogens is 544 g/mol. The summed E-state index contributed by atoms with van der Waals surface area (Å²) < 4.78 is 0. The Labute approximate surface area is 261 Å². The highest BCUT2D eigenvalue weighted by Gasteiger charge is 2.51. The summed E-state index contributed by atoms with van der Waals surface area (Å²) in [5.41, 5.74) is 15.9. The molecule has 0 amide bonds. The molecule has 10 rings (SSSR count). The van der Waals surface area contributed by atoms with Crippen molar-refractivity contribution >= 4 is 38.9 Å². The highest BCUT2D eigenvalue weighted by molar-refractivity contribution is 6.08. The molecule has 1 aromatic heterocycles. The largest absolute Gasteiger partial charge is 0.355 e. The molecule has 0 radical (unpaired) electrons. The molecule has 0 atom stereocenters. The van der Waals surface area contributed by atoms with Crippen LogP contribution in [0.15, 0.2) is 164 Å². The lowest BCUT2D eigenvalue weighted by molar-refractivity contribution is 0.753. The maximum absolute atomic E-state index is 3.58. The van der Waals surface area contributed by atoms with Gasteiger partial charge in [-0.15, -0.1) is 0 Å². The first kappa shape index (κ1) is 24.6. The van der Waals surface area contributed by atoms with E-state index >= 15 is 0 Å². The second kappa shape index (κ2) is 9.07.